The molecule has 0 amide bonds. The number of hydrogen-bond donors (Lipinski definition) is 1. The first kappa shape index (κ1) is 19.8. The summed E-state index contributed by atoms with van der Waals surface area (Å²) in [4.78, 5) is 18.0. The van der Waals surface area contributed by atoms with E-state index in [1.807, 2.05) is 13.1 Å². The molecule has 24 heavy (non-hydrogen) atoms. The highest BCUT2D eigenvalue weighted by molar-refractivity contribution is 5.90. The monoisotopic (exact) mass is 335 g/mol. The SMILES string of the molecule is C=CCCCCCN(C)C(=NC)NCc1cc(C(=O)OC)c(C)o1. The number of nitrogens with zero attached hydrogens (tertiary/aromatic N) is 2. The fourth-order valence-corrected chi connectivity index (χ4v) is 2.41. The number of carbonyl (C=O) groups excluding carboxylic acids is 1. The summed E-state index contributed by atoms with van der Waals surface area (Å²) < 4.78 is 10.3. The van der Waals surface area contributed by atoms with E-state index in [0.29, 0.717) is 23.6 Å². The standard InChI is InChI=1S/C18H29N3O3/c1-6-7-8-9-10-11-21(4)18(19-3)20-13-15-12-16(14(2)24-15)17(22)23-5/h6,12H,1,7-11,13H2,2-5H3,(H,19,20). The molecular weight excluding hydrogens is 306 g/mol. The molecule has 1 heterocycles. The van der Waals surface area contributed by atoms with Crippen LogP contribution in [0, 0.1) is 6.92 Å². The average Bonchev–Trinajstić information content (AvgIpc) is 2.95. The molecule has 0 saturated heterocycles. The normalized spacial score (nSPS) is 11.2. The highest BCUT2D eigenvalue weighted by atomic mass is 16.5. The molecule has 0 aliphatic heterocycles. The summed E-state index contributed by atoms with van der Waals surface area (Å²) >= 11 is 0. The fraction of sp³-hybridized carbons (Fsp3) is 0.556. The summed E-state index contributed by atoms with van der Waals surface area (Å²) in [6.07, 6.45) is 6.48. The Morgan fingerprint density at radius 1 is 1.46 bits per heavy atom. The zero-order valence-electron chi connectivity index (χ0n) is 15.2. The van der Waals surface area contributed by atoms with Gasteiger partial charge in [0.2, 0.25) is 0 Å². The number of rotatable bonds is 9. The minimum Gasteiger partial charge on any atom is -0.465 e. The van der Waals surface area contributed by atoms with Crippen LogP contribution in [-0.4, -0.2) is 44.6 Å². The Kier molecular flexibility index (Phi) is 8.68. The van der Waals surface area contributed by atoms with E-state index in [-0.39, 0.29) is 5.97 Å². The van der Waals surface area contributed by atoms with Gasteiger partial charge in [-0.15, -0.1) is 6.58 Å². The Hall–Kier alpha value is -2.24. The van der Waals surface area contributed by atoms with Crippen LogP contribution in [0.25, 0.3) is 0 Å². The number of ether oxygens (including phenoxy) is 1. The van der Waals surface area contributed by atoms with Crippen LogP contribution < -0.4 is 5.32 Å². The second-order valence-electron chi connectivity index (χ2n) is 5.63. The Morgan fingerprint density at radius 3 is 2.83 bits per heavy atom. The largest absolute Gasteiger partial charge is 0.465 e. The van der Waals surface area contributed by atoms with Crippen molar-refractivity contribution >= 4 is 11.9 Å². The van der Waals surface area contributed by atoms with Crippen molar-refractivity contribution in [2.24, 2.45) is 4.99 Å². The zero-order chi connectivity index (χ0) is 17.9. The van der Waals surface area contributed by atoms with Crippen molar-refractivity contribution < 1.29 is 13.9 Å². The molecule has 1 aromatic heterocycles. The predicted molar refractivity (Wildman–Crippen MR) is 96.3 cm³/mol. The van der Waals surface area contributed by atoms with Gasteiger partial charge in [-0.05, 0) is 32.3 Å². The van der Waals surface area contributed by atoms with Crippen LogP contribution in [0.5, 0.6) is 0 Å². The molecule has 0 unspecified atom stereocenters. The summed E-state index contributed by atoms with van der Waals surface area (Å²) in [6, 6.07) is 1.71. The van der Waals surface area contributed by atoms with Crippen molar-refractivity contribution in [1.29, 1.82) is 0 Å². The van der Waals surface area contributed by atoms with Crippen LogP contribution in [-0.2, 0) is 11.3 Å². The maximum absolute atomic E-state index is 11.6. The van der Waals surface area contributed by atoms with Gasteiger partial charge in [0, 0.05) is 20.6 Å². The van der Waals surface area contributed by atoms with Gasteiger partial charge < -0.3 is 19.4 Å². The summed E-state index contributed by atoms with van der Waals surface area (Å²) in [6.45, 7) is 6.88. The van der Waals surface area contributed by atoms with E-state index in [0.717, 1.165) is 25.3 Å². The van der Waals surface area contributed by atoms with Gasteiger partial charge in [-0.2, -0.15) is 0 Å². The van der Waals surface area contributed by atoms with Crippen molar-refractivity contribution in [3.63, 3.8) is 0 Å². The Labute approximate surface area is 144 Å². The third-order valence-corrected chi connectivity index (χ3v) is 3.77. The van der Waals surface area contributed by atoms with Gasteiger partial charge >= 0.3 is 5.97 Å². The number of methoxy groups -OCH3 is 1. The lowest BCUT2D eigenvalue weighted by atomic mass is 10.2. The third-order valence-electron chi connectivity index (χ3n) is 3.77. The quantitative estimate of drug-likeness (QED) is 0.247. The van der Waals surface area contributed by atoms with Crippen LogP contribution in [0.15, 0.2) is 28.1 Å². The number of esters is 1. The van der Waals surface area contributed by atoms with Crippen LogP contribution in [0.4, 0.5) is 0 Å². The molecule has 0 aliphatic carbocycles. The van der Waals surface area contributed by atoms with Crippen LogP contribution in [0.2, 0.25) is 0 Å². The highest BCUT2D eigenvalue weighted by Gasteiger charge is 2.15. The minimum absolute atomic E-state index is 0.386. The molecule has 1 aromatic rings. The van der Waals surface area contributed by atoms with E-state index in [9.17, 15) is 4.79 Å². The van der Waals surface area contributed by atoms with Gasteiger partial charge in [0.25, 0.3) is 0 Å². The first-order valence-electron chi connectivity index (χ1n) is 8.23. The number of guanidine groups is 1. The van der Waals surface area contributed by atoms with E-state index < -0.39 is 0 Å². The molecule has 134 valence electrons. The minimum atomic E-state index is -0.386. The molecule has 0 aromatic carbocycles. The van der Waals surface area contributed by atoms with E-state index in [2.05, 4.69) is 21.8 Å². The van der Waals surface area contributed by atoms with Gasteiger partial charge in [0.1, 0.15) is 17.1 Å². The molecule has 0 bridgehead atoms. The molecule has 0 atom stereocenters. The average molecular weight is 335 g/mol. The topological polar surface area (TPSA) is 67.1 Å². The van der Waals surface area contributed by atoms with Gasteiger partial charge in [0.05, 0.1) is 13.7 Å². The van der Waals surface area contributed by atoms with E-state index in [4.69, 9.17) is 9.15 Å². The molecule has 0 fully saturated rings. The summed E-state index contributed by atoms with van der Waals surface area (Å²) in [5.41, 5.74) is 0.458. The third kappa shape index (κ3) is 6.10. The number of carbonyl (C=O) groups is 1. The van der Waals surface area contributed by atoms with E-state index in [1.54, 1.807) is 20.0 Å². The molecule has 0 radical (unpaired) electrons. The molecule has 6 heteroatoms. The number of allylic oxidation sites excluding steroid dienone is 1. The summed E-state index contributed by atoms with van der Waals surface area (Å²) in [5.74, 6) is 1.65. The van der Waals surface area contributed by atoms with Crippen molar-refractivity contribution in [2.45, 2.75) is 39.2 Å². The molecule has 0 saturated carbocycles. The summed E-state index contributed by atoms with van der Waals surface area (Å²) in [7, 11) is 5.12. The first-order chi connectivity index (χ1) is 11.5. The fourth-order valence-electron chi connectivity index (χ4n) is 2.41. The number of furan rings is 1. The highest BCUT2D eigenvalue weighted by Crippen LogP contribution is 2.15. The van der Waals surface area contributed by atoms with Crippen molar-refractivity contribution in [3.05, 3.63) is 35.8 Å². The van der Waals surface area contributed by atoms with E-state index >= 15 is 0 Å². The second kappa shape index (κ2) is 10.5. The van der Waals surface area contributed by atoms with Gasteiger partial charge in [0.15, 0.2) is 5.96 Å². The smallest absolute Gasteiger partial charge is 0.341 e. The molecule has 1 N–H and O–H groups in total. The van der Waals surface area contributed by atoms with Gasteiger partial charge in [-0.1, -0.05) is 12.5 Å². The number of aliphatic imine (C=N–C) groups is 1. The lowest BCUT2D eigenvalue weighted by Gasteiger charge is -2.21. The lowest BCUT2D eigenvalue weighted by molar-refractivity contribution is 0.0599. The Bertz CT molecular complexity index is 564. The molecule has 0 spiro atoms. The van der Waals surface area contributed by atoms with E-state index in [1.165, 1.54) is 20.0 Å². The Morgan fingerprint density at radius 2 is 2.21 bits per heavy atom. The first-order valence-corrected chi connectivity index (χ1v) is 8.23. The van der Waals surface area contributed by atoms with Crippen LogP contribution in [0.3, 0.4) is 0 Å². The van der Waals surface area contributed by atoms with Crippen molar-refractivity contribution in [3.8, 4) is 0 Å². The maximum atomic E-state index is 11.6. The predicted octanol–water partition coefficient (Wildman–Crippen LogP) is 3.13. The number of nitrogens with one attached hydrogen (secondary N) is 1. The van der Waals surface area contributed by atoms with Crippen molar-refractivity contribution in [1.82, 2.24) is 10.2 Å². The van der Waals surface area contributed by atoms with Gasteiger partial charge in [-0.25, -0.2) is 4.79 Å². The number of unbranched alkanes of at least 4 members (excludes halogenated alkanes) is 3. The number of hydrogen-bond acceptors (Lipinski definition) is 4. The molecule has 6 nitrogen and oxygen atoms in total. The van der Waals surface area contributed by atoms with Crippen molar-refractivity contribution in [2.75, 3.05) is 27.7 Å². The molecule has 0 aliphatic rings. The maximum Gasteiger partial charge on any atom is 0.341 e. The zero-order valence-corrected chi connectivity index (χ0v) is 15.2. The molecular formula is C18H29N3O3. The second-order valence-corrected chi connectivity index (χ2v) is 5.63. The molecule has 1 rings (SSSR count). The van der Waals surface area contributed by atoms with Gasteiger partial charge in [-0.3, -0.25) is 4.99 Å². The lowest BCUT2D eigenvalue weighted by Crippen LogP contribution is -2.38. The van der Waals surface area contributed by atoms with Crippen LogP contribution in [0.1, 0.15) is 47.6 Å². The van der Waals surface area contributed by atoms with Crippen LogP contribution >= 0.6 is 0 Å². The Balaban J connectivity index is 2.48. The summed E-state index contributed by atoms with van der Waals surface area (Å²) in [5, 5.41) is 3.25. The number of aryl methyl sites for hydroxylation is 1.